The summed E-state index contributed by atoms with van der Waals surface area (Å²) < 4.78 is 29.0. The normalized spacial score (nSPS) is 12.8. The number of esters is 1. The standard InChI is InChI=1S/C14H19FO5/c1-14(2,15)9-6-8(11(16)13(17)20-5)7-10(18-3)12(9)19-4/h6-7,11,16H,1-5H3. The molecular weight excluding hydrogens is 267 g/mol. The second-order valence-corrected chi connectivity index (χ2v) is 4.70. The first-order valence-corrected chi connectivity index (χ1v) is 5.97. The van der Waals surface area contributed by atoms with Crippen LogP contribution in [-0.2, 0) is 15.2 Å². The van der Waals surface area contributed by atoms with Crippen LogP contribution in [0.15, 0.2) is 12.1 Å². The molecule has 0 amide bonds. The number of hydrogen-bond donors (Lipinski definition) is 1. The minimum Gasteiger partial charge on any atom is -0.493 e. The van der Waals surface area contributed by atoms with E-state index in [1.807, 2.05) is 0 Å². The summed E-state index contributed by atoms with van der Waals surface area (Å²) in [5.74, 6) is -0.380. The molecule has 1 unspecified atom stereocenters. The lowest BCUT2D eigenvalue weighted by molar-refractivity contribution is -0.150. The molecule has 112 valence electrons. The number of aliphatic hydroxyl groups excluding tert-OH is 1. The molecule has 1 rings (SSSR count). The lowest BCUT2D eigenvalue weighted by Gasteiger charge is -2.22. The largest absolute Gasteiger partial charge is 0.493 e. The fourth-order valence-corrected chi connectivity index (χ4v) is 1.83. The molecule has 1 atom stereocenters. The van der Waals surface area contributed by atoms with Crippen molar-refractivity contribution in [3.8, 4) is 11.5 Å². The van der Waals surface area contributed by atoms with Gasteiger partial charge in [0, 0.05) is 5.56 Å². The molecule has 20 heavy (non-hydrogen) atoms. The predicted molar refractivity (Wildman–Crippen MR) is 70.7 cm³/mol. The van der Waals surface area contributed by atoms with Gasteiger partial charge in [0.2, 0.25) is 0 Å². The van der Waals surface area contributed by atoms with Crippen LogP contribution >= 0.6 is 0 Å². The molecule has 0 aromatic heterocycles. The molecule has 5 nitrogen and oxygen atoms in total. The Kier molecular flexibility index (Phi) is 4.94. The number of alkyl halides is 1. The summed E-state index contributed by atoms with van der Waals surface area (Å²) in [4.78, 5) is 11.4. The minimum atomic E-state index is -1.73. The quantitative estimate of drug-likeness (QED) is 0.840. The summed E-state index contributed by atoms with van der Waals surface area (Å²) in [6, 6.07) is 2.78. The van der Waals surface area contributed by atoms with Gasteiger partial charge in [0.1, 0.15) is 5.67 Å². The molecule has 0 spiro atoms. The van der Waals surface area contributed by atoms with E-state index in [4.69, 9.17) is 9.47 Å². The van der Waals surface area contributed by atoms with Crippen LogP contribution in [0.5, 0.6) is 11.5 Å². The molecule has 0 heterocycles. The molecule has 0 bridgehead atoms. The Balaban J connectivity index is 3.47. The summed E-state index contributed by atoms with van der Waals surface area (Å²) in [6.07, 6.45) is -1.51. The third kappa shape index (κ3) is 3.19. The molecule has 0 radical (unpaired) electrons. The Morgan fingerprint density at radius 2 is 1.85 bits per heavy atom. The molecule has 0 aliphatic heterocycles. The average Bonchev–Trinajstić information content (AvgIpc) is 2.42. The first-order valence-electron chi connectivity index (χ1n) is 5.97. The third-order valence-electron chi connectivity index (χ3n) is 2.88. The Hall–Kier alpha value is -1.82. The number of rotatable bonds is 5. The first-order chi connectivity index (χ1) is 9.26. The molecule has 6 heteroatoms. The Morgan fingerprint density at radius 1 is 1.25 bits per heavy atom. The van der Waals surface area contributed by atoms with Crippen LogP contribution in [0.2, 0.25) is 0 Å². The number of benzene rings is 1. The SMILES string of the molecule is COC(=O)C(O)c1cc(OC)c(OC)c(C(C)(C)F)c1. The fourth-order valence-electron chi connectivity index (χ4n) is 1.83. The van der Waals surface area contributed by atoms with Gasteiger partial charge in [-0.25, -0.2) is 9.18 Å². The zero-order valence-electron chi connectivity index (χ0n) is 12.2. The molecule has 0 fully saturated rings. The number of halogens is 1. The number of hydrogen-bond acceptors (Lipinski definition) is 5. The van der Waals surface area contributed by atoms with Crippen molar-refractivity contribution in [2.24, 2.45) is 0 Å². The number of carbonyl (C=O) groups excluding carboxylic acids is 1. The lowest BCUT2D eigenvalue weighted by Crippen LogP contribution is -2.17. The summed E-state index contributed by atoms with van der Waals surface area (Å²) in [5, 5.41) is 9.87. The van der Waals surface area contributed by atoms with Crippen LogP contribution in [0.25, 0.3) is 0 Å². The summed E-state index contributed by atoms with van der Waals surface area (Å²) >= 11 is 0. The van der Waals surface area contributed by atoms with Gasteiger partial charge in [-0.15, -0.1) is 0 Å². The molecule has 0 saturated carbocycles. The molecule has 1 aromatic carbocycles. The van der Waals surface area contributed by atoms with Gasteiger partial charge in [-0.05, 0) is 31.5 Å². The van der Waals surface area contributed by atoms with E-state index in [1.165, 1.54) is 40.2 Å². The molecule has 0 aliphatic carbocycles. The molecule has 1 aromatic rings. The van der Waals surface area contributed by atoms with Gasteiger partial charge in [-0.1, -0.05) is 0 Å². The van der Waals surface area contributed by atoms with Gasteiger partial charge >= 0.3 is 5.97 Å². The molecule has 1 N–H and O–H groups in total. The average molecular weight is 286 g/mol. The van der Waals surface area contributed by atoms with Crippen molar-refractivity contribution in [1.29, 1.82) is 0 Å². The zero-order valence-corrected chi connectivity index (χ0v) is 12.2. The smallest absolute Gasteiger partial charge is 0.339 e. The maximum atomic E-state index is 14.3. The van der Waals surface area contributed by atoms with Gasteiger partial charge in [0.25, 0.3) is 0 Å². The molecular formula is C14H19FO5. The highest BCUT2D eigenvalue weighted by Gasteiger charge is 2.29. The van der Waals surface area contributed by atoms with E-state index in [9.17, 15) is 14.3 Å². The van der Waals surface area contributed by atoms with E-state index in [1.54, 1.807) is 0 Å². The van der Waals surface area contributed by atoms with Crippen LogP contribution < -0.4 is 9.47 Å². The van der Waals surface area contributed by atoms with E-state index in [0.29, 0.717) is 0 Å². The Bertz CT molecular complexity index is 493. The van der Waals surface area contributed by atoms with Gasteiger partial charge in [0.05, 0.1) is 21.3 Å². The van der Waals surface area contributed by atoms with E-state index >= 15 is 0 Å². The van der Waals surface area contributed by atoms with Crippen LogP contribution in [-0.4, -0.2) is 32.4 Å². The van der Waals surface area contributed by atoms with Crippen LogP contribution in [0, 0.1) is 0 Å². The maximum Gasteiger partial charge on any atom is 0.339 e. The predicted octanol–water partition coefficient (Wildman–Crippen LogP) is 2.11. The minimum absolute atomic E-state index is 0.176. The number of aliphatic hydroxyl groups is 1. The summed E-state index contributed by atoms with van der Waals surface area (Å²) in [5.41, 5.74) is -1.38. The van der Waals surface area contributed by atoms with Gasteiger partial charge in [-0.3, -0.25) is 0 Å². The van der Waals surface area contributed by atoms with Gasteiger partial charge in [-0.2, -0.15) is 0 Å². The van der Waals surface area contributed by atoms with Crippen molar-refractivity contribution in [1.82, 2.24) is 0 Å². The number of methoxy groups -OCH3 is 3. The van der Waals surface area contributed by atoms with E-state index < -0.39 is 17.7 Å². The van der Waals surface area contributed by atoms with E-state index in [-0.39, 0.29) is 22.6 Å². The highest BCUT2D eigenvalue weighted by atomic mass is 19.1. The highest BCUT2D eigenvalue weighted by Crippen LogP contribution is 2.41. The number of carbonyl (C=O) groups is 1. The Labute approximate surface area is 117 Å². The van der Waals surface area contributed by atoms with Crippen LogP contribution in [0.1, 0.15) is 31.1 Å². The summed E-state index contributed by atoms with van der Waals surface area (Å²) in [6.45, 7) is 2.69. The summed E-state index contributed by atoms with van der Waals surface area (Å²) in [7, 11) is 3.94. The van der Waals surface area contributed by atoms with Crippen LogP contribution in [0.3, 0.4) is 0 Å². The van der Waals surface area contributed by atoms with Crippen LogP contribution in [0.4, 0.5) is 4.39 Å². The molecule has 0 aliphatic rings. The van der Waals surface area contributed by atoms with Gasteiger partial charge < -0.3 is 19.3 Å². The van der Waals surface area contributed by atoms with Crippen molar-refractivity contribution in [3.63, 3.8) is 0 Å². The second-order valence-electron chi connectivity index (χ2n) is 4.70. The molecule has 0 saturated heterocycles. The van der Waals surface area contributed by atoms with Crippen molar-refractivity contribution < 1.29 is 28.5 Å². The van der Waals surface area contributed by atoms with Crippen molar-refractivity contribution in [2.45, 2.75) is 25.6 Å². The monoisotopic (exact) mass is 286 g/mol. The number of ether oxygens (including phenoxy) is 3. The van der Waals surface area contributed by atoms with E-state index in [0.717, 1.165) is 7.11 Å². The first kappa shape index (κ1) is 16.2. The topological polar surface area (TPSA) is 65.0 Å². The lowest BCUT2D eigenvalue weighted by atomic mass is 9.94. The second kappa shape index (κ2) is 6.09. The third-order valence-corrected chi connectivity index (χ3v) is 2.88. The zero-order chi connectivity index (χ0) is 15.5. The maximum absolute atomic E-state index is 14.3. The van der Waals surface area contributed by atoms with Gasteiger partial charge in [0.15, 0.2) is 17.6 Å². The van der Waals surface area contributed by atoms with Crippen molar-refractivity contribution in [2.75, 3.05) is 21.3 Å². The van der Waals surface area contributed by atoms with E-state index in [2.05, 4.69) is 4.74 Å². The fraction of sp³-hybridized carbons (Fsp3) is 0.500. The van der Waals surface area contributed by atoms with Crippen molar-refractivity contribution >= 4 is 5.97 Å². The Morgan fingerprint density at radius 3 is 2.25 bits per heavy atom. The van der Waals surface area contributed by atoms with Crippen molar-refractivity contribution in [3.05, 3.63) is 23.3 Å². The highest BCUT2D eigenvalue weighted by molar-refractivity contribution is 5.76.